The Morgan fingerprint density at radius 2 is 2.00 bits per heavy atom. The minimum absolute atomic E-state index is 0.329. The van der Waals surface area contributed by atoms with Crippen LogP contribution in [0.4, 0.5) is 0 Å². The highest BCUT2D eigenvalue weighted by molar-refractivity contribution is 14.1. The van der Waals surface area contributed by atoms with Crippen molar-refractivity contribution in [1.82, 2.24) is 0 Å². The van der Waals surface area contributed by atoms with Crippen LogP contribution in [0.15, 0.2) is 12.1 Å². The van der Waals surface area contributed by atoms with Crippen molar-refractivity contribution < 1.29 is 9.47 Å². The fourth-order valence-corrected chi connectivity index (χ4v) is 1.67. The summed E-state index contributed by atoms with van der Waals surface area (Å²) in [5.74, 6) is 0.913. The lowest BCUT2D eigenvalue weighted by Crippen LogP contribution is -2.04. The number of halogens is 1. The average molecular weight is 306 g/mol. The maximum absolute atomic E-state index is 5.51. The molecule has 0 aliphatic carbocycles. The predicted octanol–water partition coefficient (Wildman–Crippen LogP) is 3.28. The Kier molecular flexibility index (Phi) is 4.68. The third kappa shape index (κ3) is 3.13. The van der Waals surface area contributed by atoms with E-state index in [2.05, 4.69) is 42.5 Å². The number of benzene rings is 1. The summed E-state index contributed by atoms with van der Waals surface area (Å²) in [7, 11) is 0. The molecule has 0 heterocycles. The molecule has 14 heavy (non-hydrogen) atoms. The largest absolute Gasteiger partial charge is 0.466 e. The number of rotatable bonds is 4. The summed E-state index contributed by atoms with van der Waals surface area (Å²) in [5.41, 5.74) is 2.46. The summed E-state index contributed by atoms with van der Waals surface area (Å²) in [4.78, 5) is 0. The van der Waals surface area contributed by atoms with Crippen molar-refractivity contribution in [3.63, 3.8) is 0 Å². The molecule has 1 aromatic rings. The summed E-state index contributed by atoms with van der Waals surface area (Å²) in [5, 5.41) is 0. The maximum atomic E-state index is 5.51. The first kappa shape index (κ1) is 11.8. The molecule has 0 aromatic heterocycles. The molecule has 0 unspecified atom stereocenters. The first-order valence-corrected chi connectivity index (χ1v) is 5.70. The van der Waals surface area contributed by atoms with E-state index in [1.165, 1.54) is 11.1 Å². The van der Waals surface area contributed by atoms with E-state index in [9.17, 15) is 0 Å². The highest BCUT2D eigenvalue weighted by Crippen LogP contribution is 2.25. The third-order valence-corrected chi connectivity index (χ3v) is 3.25. The van der Waals surface area contributed by atoms with Gasteiger partial charge in [-0.1, -0.05) is 6.07 Å². The fourth-order valence-electron chi connectivity index (χ4n) is 1.20. The summed E-state index contributed by atoms with van der Waals surface area (Å²) >= 11 is 2.29. The number of hydrogen-bond donors (Lipinski definition) is 0. The smallest absolute Gasteiger partial charge is 0.189 e. The molecule has 1 rings (SSSR count). The third-order valence-electron chi connectivity index (χ3n) is 1.87. The minimum atomic E-state index is 0.329. The zero-order valence-corrected chi connectivity index (χ0v) is 10.9. The van der Waals surface area contributed by atoms with E-state index in [1.807, 2.05) is 13.0 Å². The first-order valence-electron chi connectivity index (χ1n) is 4.62. The van der Waals surface area contributed by atoms with E-state index in [0.717, 1.165) is 9.32 Å². The summed E-state index contributed by atoms with van der Waals surface area (Å²) < 4.78 is 11.8. The molecule has 0 saturated carbocycles. The predicted molar refractivity (Wildman–Crippen MR) is 65.8 cm³/mol. The van der Waals surface area contributed by atoms with Gasteiger partial charge < -0.3 is 9.47 Å². The van der Waals surface area contributed by atoms with Gasteiger partial charge in [-0.25, -0.2) is 0 Å². The molecule has 0 saturated heterocycles. The van der Waals surface area contributed by atoms with Crippen molar-refractivity contribution in [2.75, 3.05) is 13.4 Å². The van der Waals surface area contributed by atoms with Crippen molar-refractivity contribution in [1.29, 1.82) is 0 Å². The quantitative estimate of drug-likeness (QED) is 0.483. The van der Waals surface area contributed by atoms with Crippen LogP contribution in [0.1, 0.15) is 18.1 Å². The van der Waals surface area contributed by atoms with Gasteiger partial charge in [-0.3, -0.25) is 0 Å². The van der Waals surface area contributed by atoms with Crippen LogP contribution in [0.5, 0.6) is 5.75 Å². The maximum Gasteiger partial charge on any atom is 0.189 e. The van der Waals surface area contributed by atoms with Gasteiger partial charge in [0.1, 0.15) is 5.75 Å². The lowest BCUT2D eigenvalue weighted by Gasteiger charge is -2.10. The fraction of sp³-hybridized carbons (Fsp3) is 0.455. The molecule has 3 heteroatoms. The van der Waals surface area contributed by atoms with E-state index in [0.29, 0.717) is 13.4 Å². The van der Waals surface area contributed by atoms with Gasteiger partial charge in [0, 0.05) is 6.61 Å². The molecule has 0 amide bonds. The van der Waals surface area contributed by atoms with Crippen LogP contribution < -0.4 is 4.74 Å². The van der Waals surface area contributed by atoms with Gasteiger partial charge in [-0.05, 0) is 60.6 Å². The van der Waals surface area contributed by atoms with Crippen LogP contribution >= 0.6 is 22.6 Å². The SMILES string of the molecule is CCOCOc1cc(C)cc(C)c1I. The summed E-state index contributed by atoms with van der Waals surface area (Å²) in [6, 6.07) is 4.18. The van der Waals surface area contributed by atoms with Crippen LogP contribution in [0.2, 0.25) is 0 Å². The second-order valence-electron chi connectivity index (χ2n) is 3.15. The van der Waals surface area contributed by atoms with Crippen molar-refractivity contribution >= 4 is 22.6 Å². The monoisotopic (exact) mass is 306 g/mol. The van der Waals surface area contributed by atoms with Crippen LogP contribution in [0.25, 0.3) is 0 Å². The molecule has 1 aromatic carbocycles. The molecule has 0 spiro atoms. The summed E-state index contributed by atoms with van der Waals surface area (Å²) in [6.07, 6.45) is 0. The van der Waals surface area contributed by atoms with Gasteiger partial charge in [-0.15, -0.1) is 0 Å². The first-order chi connectivity index (χ1) is 6.65. The Hall–Kier alpha value is -0.290. The zero-order chi connectivity index (χ0) is 10.6. The van der Waals surface area contributed by atoms with E-state index < -0.39 is 0 Å². The topological polar surface area (TPSA) is 18.5 Å². The van der Waals surface area contributed by atoms with E-state index in [4.69, 9.17) is 9.47 Å². The Morgan fingerprint density at radius 3 is 2.64 bits per heavy atom. The molecule has 0 aliphatic rings. The van der Waals surface area contributed by atoms with Crippen LogP contribution in [0.3, 0.4) is 0 Å². The lowest BCUT2D eigenvalue weighted by atomic mass is 10.1. The van der Waals surface area contributed by atoms with Gasteiger partial charge in [-0.2, -0.15) is 0 Å². The average Bonchev–Trinajstić information content (AvgIpc) is 2.13. The Labute approximate surface area is 98.7 Å². The second kappa shape index (κ2) is 5.56. The zero-order valence-electron chi connectivity index (χ0n) is 8.76. The van der Waals surface area contributed by atoms with E-state index >= 15 is 0 Å². The molecule has 0 radical (unpaired) electrons. The van der Waals surface area contributed by atoms with Crippen molar-refractivity contribution in [2.45, 2.75) is 20.8 Å². The molecule has 2 nitrogen and oxygen atoms in total. The van der Waals surface area contributed by atoms with Gasteiger partial charge in [0.2, 0.25) is 0 Å². The van der Waals surface area contributed by atoms with Gasteiger partial charge in [0.15, 0.2) is 6.79 Å². The van der Waals surface area contributed by atoms with Crippen molar-refractivity contribution in [2.24, 2.45) is 0 Å². The van der Waals surface area contributed by atoms with Crippen molar-refractivity contribution in [3.8, 4) is 5.75 Å². The van der Waals surface area contributed by atoms with Crippen LogP contribution in [-0.4, -0.2) is 13.4 Å². The Morgan fingerprint density at radius 1 is 1.29 bits per heavy atom. The molecule has 0 bridgehead atoms. The molecular weight excluding hydrogens is 291 g/mol. The molecule has 0 atom stereocenters. The van der Waals surface area contributed by atoms with Crippen LogP contribution in [-0.2, 0) is 4.74 Å². The Bertz CT molecular complexity index is 310. The highest BCUT2D eigenvalue weighted by Gasteiger charge is 2.04. The Balaban J connectivity index is 2.75. The molecule has 78 valence electrons. The normalized spacial score (nSPS) is 10.3. The molecule has 0 N–H and O–H groups in total. The highest BCUT2D eigenvalue weighted by atomic mass is 127. The van der Waals surface area contributed by atoms with Gasteiger partial charge in [0.25, 0.3) is 0 Å². The molecule has 0 aliphatic heterocycles. The standard InChI is InChI=1S/C11H15IO2/c1-4-13-7-14-10-6-8(2)5-9(3)11(10)12/h5-6H,4,7H2,1-3H3. The second-order valence-corrected chi connectivity index (χ2v) is 4.23. The van der Waals surface area contributed by atoms with Crippen molar-refractivity contribution in [3.05, 3.63) is 26.8 Å². The summed E-state index contributed by atoms with van der Waals surface area (Å²) in [6.45, 7) is 7.12. The number of aryl methyl sites for hydroxylation is 2. The number of hydrogen-bond acceptors (Lipinski definition) is 2. The van der Waals surface area contributed by atoms with E-state index in [1.54, 1.807) is 0 Å². The molecular formula is C11H15IO2. The molecule has 0 fully saturated rings. The van der Waals surface area contributed by atoms with Crippen LogP contribution in [0, 0.1) is 17.4 Å². The van der Waals surface area contributed by atoms with Gasteiger partial charge in [0.05, 0.1) is 3.57 Å². The number of ether oxygens (including phenoxy) is 2. The minimum Gasteiger partial charge on any atom is -0.466 e. The van der Waals surface area contributed by atoms with Gasteiger partial charge >= 0.3 is 0 Å². The lowest BCUT2D eigenvalue weighted by molar-refractivity contribution is 0.0218. The van der Waals surface area contributed by atoms with E-state index in [-0.39, 0.29) is 0 Å².